The number of benzene rings is 1. The van der Waals surface area contributed by atoms with Crippen molar-refractivity contribution in [3.05, 3.63) is 47.8 Å². The fraction of sp³-hybridized carbons (Fsp3) is 0.357. The van der Waals surface area contributed by atoms with E-state index < -0.39 is 0 Å². The van der Waals surface area contributed by atoms with Gasteiger partial charge in [-0.2, -0.15) is 5.10 Å². The number of hydrogen-bond donors (Lipinski definition) is 1. The molecule has 0 bridgehead atoms. The predicted molar refractivity (Wildman–Crippen MR) is 76.8 cm³/mol. The third-order valence-corrected chi connectivity index (χ3v) is 3.98. The number of nitrogens with two attached hydrogens (primary N) is 1. The molecule has 18 heavy (non-hydrogen) atoms. The lowest BCUT2D eigenvalue weighted by atomic mass is 10.2. The van der Waals surface area contributed by atoms with Crippen molar-refractivity contribution in [2.45, 2.75) is 24.3 Å². The van der Waals surface area contributed by atoms with Crippen molar-refractivity contribution in [1.29, 1.82) is 0 Å². The first kappa shape index (κ1) is 13.2. The molecule has 2 aromatic rings. The highest BCUT2D eigenvalue weighted by atomic mass is 32.2. The largest absolute Gasteiger partial charge is 0.327 e. The minimum Gasteiger partial charge on any atom is -0.327 e. The van der Waals surface area contributed by atoms with Crippen LogP contribution < -0.4 is 5.73 Å². The fourth-order valence-corrected chi connectivity index (χ4v) is 2.78. The second kappa shape index (κ2) is 6.07. The molecule has 1 aromatic carbocycles. The fourth-order valence-electron chi connectivity index (χ4n) is 1.90. The van der Waals surface area contributed by atoms with Crippen LogP contribution in [0.1, 0.15) is 11.4 Å². The molecule has 0 aliphatic rings. The zero-order valence-electron chi connectivity index (χ0n) is 10.8. The van der Waals surface area contributed by atoms with Crippen LogP contribution in [0.15, 0.2) is 41.3 Å². The van der Waals surface area contributed by atoms with Gasteiger partial charge in [0.05, 0.1) is 5.69 Å². The van der Waals surface area contributed by atoms with Gasteiger partial charge in [0.2, 0.25) is 0 Å². The van der Waals surface area contributed by atoms with Crippen molar-refractivity contribution in [3.63, 3.8) is 0 Å². The summed E-state index contributed by atoms with van der Waals surface area (Å²) in [7, 11) is 1.97. The van der Waals surface area contributed by atoms with Gasteiger partial charge in [-0.3, -0.25) is 4.68 Å². The quantitative estimate of drug-likeness (QED) is 0.841. The maximum absolute atomic E-state index is 6.17. The third-order valence-electron chi connectivity index (χ3n) is 2.78. The summed E-state index contributed by atoms with van der Waals surface area (Å²) in [5, 5.41) is 4.34. The predicted octanol–water partition coefficient (Wildman–Crippen LogP) is 2.39. The Balaban J connectivity index is 1.86. The number of thioether (sulfide) groups is 1. The van der Waals surface area contributed by atoms with Gasteiger partial charge in [-0.05, 0) is 25.1 Å². The SMILES string of the molecule is Cc1cc(CC(N)CSc2ccccc2)n(C)n1. The van der Waals surface area contributed by atoms with E-state index in [1.165, 1.54) is 10.6 Å². The molecule has 0 radical (unpaired) electrons. The van der Waals surface area contributed by atoms with Gasteiger partial charge in [0.15, 0.2) is 0 Å². The average Bonchev–Trinajstić information content (AvgIpc) is 2.67. The summed E-state index contributed by atoms with van der Waals surface area (Å²) < 4.78 is 1.92. The zero-order chi connectivity index (χ0) is 13.0. The summed E-state index contributed by atoms with van der Waals surface area (Å²) in [6.45, 7) is 2.01. The molecule has 1 aromatic heterocycles. The van der Waals surface area contributed by atoms with Crippen molar-refractivity contribution in [2.24, 2.45) is 12.8 Å². The van der Waals surface area contributed by atoms with Gasteiger partial charge in [0.25, 0.3) is 0 Å². The summed E-state index contributed by atoms with van der Waals surface area (Å²) >= 11 is 1.81. The highest BCUT2D eigenvalue weighted by Gasteiger charge is 2.09. The number of nitrogens with zero attached hydrogens (tertiary/aromatic N) is 2. The van der Waals surface area contributed by atoms with Crippen molar-refractivity contribution < 1.29 is 0 Å². The summed E-state index contributed by atoms with van der Waals surface area (Å²) in [6.07, 6.45) is 0.872. The lowest BCUT2D eigenvalue weighted by molar-refractivity contribution is 0.653. The molecule has 0 spiro atoms. The van der Waals surface area contributed by atoms with E-state index in [0.29, 0.717) is 0 Å². The van der Waals surface area contributed by atoms with Gasteiger partial charge < -0.3 is 5.73 Å². The van der Waals surface area contributed by atoms with E-state index in [1.807, 2.05) is 24.7 Å². The van der Waals surface area contributed by atoms with Crippen LogP contribution in [0.25, 0.3) is 0 Å². The summed E-state index contributed by atoms with van der Waals surface area (Å²) in [5.74, 6) is 0.925. The molecule has 0 aliphatic heterocycles. The van der Waals surface area contributed by atoms with Gasteiger partial charge >= 0.3 is 0 Å². The minimum atomic E-state index is 0.157. The van der Waals surface area contributed by atoms with Crippen LogP contribution in [0, 0.1) is 6.92 Å². The lowest BCUT2D eigenvalue weighted by Crippen LogP contribution is -2.26. The molecule has 4 heteroatoms. The van der Waals surface area contributed by atoms with Crippen molar-refractivity contribution in [3.8, 4) is 0 Å². The maximum atomic E-state index is 6.17. The summed E-state index contributed by atoms with van der Waals surface area (Å²) in [4.78, 5) is 1.27. The normalized spacial score (nSPS) is 12.6. The number of aromatic nitrogens is 2. The molecule has 1 atom stereocenters. The highest BCUT2D eigenvalue weighted by Crippen LogP contribution is 2.18. The maximum Gasteiger partial charge on any atom is 0.0596 e. The molecule has 0 saturated carbocycles. The summed E-state index contributed by atoms with van der Waals surface area (Å²) in [6, 6.07) is 12.6. The van der Waals surface area contributed by atoms with Crippen LogP contribution >= 0.6 is 11.8 Å². The van der Waals surface area contributed by atoms with Gasteiger partial charge in [0.1, 0.15) is 0 Å². The van der Waals surface area contributed by atoms with Crippen LogP contribution in [0.5, 0.6) is 0 Å². The molecule has 1 heterocycles. The molecule has 2 rings (SSSR count). The van der Waals surface area contributed by atoms with Gasteiger partial charge in [-0.25, -0.2) is 0 Å². The minimum absolute atomic E-state index is 0.157. The molecule has 0 fully saturated rings. The van der Waals surface area contributed by atoms with Crippen LogP contribution in [-0.2, 0) is 13.5 Å². The first-order valence-corrected chi connectivity index (χ1v) is 7.06. The monoisotopic (exact) mass is 261 g/mol. The molecule has 0 aliphatic carbocycles. The van der Waals surface area contributed by atoms with Crippen LogP contribution in [0.2, 0.25) is 0 Å². The van der Waals surface area contributed by atoms with E-state index >= 15 is 0 Å². The Morgan fingerprint density at radius 2 is 2.06 bits per heavy atom. The van der Waals surface area contributed by atoms with E-state index in [4.69, 9.17) is 5.73 Å². The van der Waals surface area contributed by atoms with Crippen molar-refractivity contribution in [1.82, 2.24) is 9.78 Å². The smallest absolute Gasteiger partial charge is 0.0596 e. The standard InChI is InChI=1S/C14H19N3S/c1-11-8-13(17(2)16-11)9-12(15)10-18-14-6-4-3-5-7-14/h3-8,12H,9-10,15H2,1-2H3. The number of hydrogen-bond acceptors (Lipinski definition) is 3. The zero-order valence-corrected chi connectivity index (χ0v) is 11.7. The molecule has 0 amide bonds. The van der Waals surface area contributed by atoms with E-state index in [1.54, 1.807) is 11.8 Å². The Hall–Kier alpha value is -1.26. The number of rotatable bonds is 5. The van der Waals surface area contributed by atoms with Gasteiger partial charge in [-0.1, -0.05) is 18.2 Å². The molecular formula is C14H19N3S. The topological polar surface area (TPSA) is 43.8 Å². The molecule has 0 saturated heterocycles. The highest BCUT2D eigenvalue weighted by molar-refractivity contribution is 7.99. The van der Waals surface area contributed by atoms with E-state index in [2.05, 4.69) is 35.4 Å². The van der Waals surface area contributed by atoms with Gasteiger partial charge in [-0.15, -0.1) is 11.8 Å². The number of aryl methyl sites for hydroxylation is 2. The second-order valence-electron chi connectivity index (χ2n) is 4.49. The Morgan fingerprint density at radius 3 is 2.67 bits per heavy atom. The molecule has 1 unspecified atom stereocenters. The van der Waals surface area contributed by atoms with Crippen LogP contribution in [0.3, 0.4) is 0 Å². The Bertz CT molecular complexity index is 493. The molecular weight excluding hydrogens is 242 g/mol. The Kier molecular flexibility index (Phi) is 4.44. The van der Waals surface area contributed by atoms with Crippen molar-refractivity contribution >= 4 is 11.8 Å². The third kappa shape index (κ3) is 3.62. The second-order valence-corrected chi connectivity index (χ2v) is 5.58. The van der Waals surface area contributed by atoms with Gasteiger partial charge in [0, 0.05) is 35.9 Å². The lowest BCUT2D eigenvalue weighted by Gasteiger charge is -2.11. The molecule has 2 N–H and O–H groups in total. The first-order valence-electron chi connectivity index (χ1n) is 6.08. The molecule has 96 valence electrons. The van der Waals surface area contributed by atoms with E-state index in [-0.39, 0.29) is 6.04 Å². The van der Waals surface area contributed by atoms with E-state index in [0.717, 1.165) is 17.9 Å². The Morgan fingerprint density at radius 1 is 1.33 bits per heavy atom. The molecule has 3 nitrogen and oxygen atoms in total. The van der Waals surface area contributed by atoms with Crippen LogP contribution in [0.4, 0.5) is 0 Å². The van der Waals surface area contributed by atoms with E-state index in [9.17, 15) is 0 Å². The first-order chi connectivity index (χ1) is 8.65. The average molecular weight is 261 g/mol. The summed E-state index contributed by atoms with van der Waals surface area (Å²) in [5.41, 5.74) is 8.42. The Labute approximate surface area is 112 Å². The van der Waals surface area contributed by atoms with Crippen LogP contribution in [-0.4, -0.2) is 21.6 Å². The van der Waals surface area contributed by atoms with Crippen molar-refractivity contribution in [2.75, 3.05) is 5.75 Å².